The number of aromatic nitrogens is 4. The van der Waals surface area contributed by atoms with Crippen LogP contribution in [0.4, 0.5) is 5.82 Å². The van der Waals surface area contributed by atoms with E-state index in [-0.39, 0.29) is 12.5 Å². The molecule has 1 amide bonds. The van der Waals surface area contributed by atoms with E-state index in [1.165, 1.54) is 0 Å². The Balaban J connectivity index is 1.42. The van der Waals surface area contributed by atoms with Crippen LogP contribution in [0.5, 0.6) is 0 Å². The van der Waals surface area contributed by atoms with Crippen LogP contribution in [0.1, 0.15) is 5.56 Å². The SMILES string of the molecule is O=C(CNc1ccc2nnc(-c3ccccc3)n2n1)NCc1ccccc1. The van der Waals surface area contributed by atoms with Crippen molar-refractivity contribution in [1.29, 1.82) is 0 Å². The molecular formula is C20H18N6O. The number of anilines is 1. The number of fused-ring (bicyclic) bond motifs is 1. The van der Waals surface area contributed by atoms with E-state index >= 15 is 0 Å². The van der Waals surface area contributed by atoms with Gasteiger partial charge in [-0.25, -0.2) is 0 Å². The Kier molecular flexibility index (Phi) is 4.74. The second-order valence-electron chi connectivity index (χ2n) is 5.99. The Morgan fingerprint density at radius 1 is 0.889 bits per heavy atom. The zero-order valence-corrected chi connectivity index (χ0v) is 14.5. The molecule has 0 spiro atoms. The van der Waals surface area contributed by atoms with Gasteiger partial charge < -0.3 is 10.6 Å². The molecule has 0 bridgehead atoms. The molecular weight excluding hydrogens is 340 g/mol. The summed E-state index contributed by atoms with van der Waals surface area (Å²) in [5, 5.41) is 18.8. The first kappa shape index (κ1) is 16.7. The van der Waals surface area contributed by atoms with Crippen molar-refractivity contribution in [3.8, 4) is 11.4 Å². The van der Waals surface area contributed by atoms with Crippen molar-refractivity contribution >= 4 is 17.4 Å². The third kappa shape index (κ3) is 3.92. The molecule has 0 aliphatic heterocycles. The van der Waals surface area contributed by atoms with Crippen LogP contribution in [0, 0.1) is 0 Å². The highest BCUT2D eigenvalue weighted by atomic mass is 16.1. The van der Waals surface area contributed by atoms with E-state index in [1.54, 1.807) is 10.6 Å². The molecule has 0 saturated heterocycles. The minimum Gasteiger partial charge on any atom is -0.360 e. The summed E-state index contributed by atoms with van der Waals surface area (Å²) in [4.78, 5) is 12.1. The molecule has 27 heavy (non-hydrogen) atoms. The Labute approximate surface area is 156 Å². The number of benzene rings is 2. The van der Waals surface area contributed by atoms with Gasteiger partial charge in [-0.05, 0) is 17.7 Å². The van der Waals surface area contributed by atoms with Crippen LogP contribution in [0.2, 0.25) is 0 Å². The highest BCUT2D eigenvalue weighted by molar-refractivity contribution is 5.80. The summed E-state index contributed by atoms with van der Waals surface area (Å²) in [6.45, 7) is 0.631. The minimum atomic E-state index is -0.104. The third-order valence-electron chi connectivity index (χ3n) is 4.06. The zero-order valence-electron chi connectivity index (χ0n) is 14.5. The highest BCUT2D eigenvalue weighted by Gasteiger charge is 2.10. The smallest absolute Gasteiger partial charge is 0.239 e. The lowest BCUT2D eigenvalue weighted by Crippen LogP contribution is -2.29. The lowest BCUT2D eigenvalue weighted by molar-refractivity contribution is -0.119. The van der Waals surface area contributed by atoms with Gasteiger partial charge in [-0.2, -0.15) is 4.52 Å². The van der Waals surface area contributed by atoms with Gasteiger partial charge in [-0.15, -0.1) is 15.3 Å². The van der Waals surface area contributed by atoms with E-state index in [9.17, 15) is 4.79 Å². The lowest BCUT2D eigenvalue weighted by atomic mass is 10.2. The van der Waals surface area contributed by atoms with E-state index in [2.05, 4.69) is 25.9 Å². The molecule has 4 aromatic rings. The molecule has 0 radical (unpaired) electrons. The molecule has 0 fully saturated rings. The average Bonchev–Trinajstić information content (AvgIpc) is 3.15. The molecule has 2 N–H and O–H groups in total. The number of hydrogen-bond acceptors (Lipinski definition) is 5. The van der Waals surface area contributed by atoms with Crippen molar-refractivity contribution in [2.75, 3.05) is 11.9 Å². The van der Waals surface area contributed by atoms with Gasteiger partial charge in [0.05, 0.1) is 6.54 Å². The van der Waals surface area contributed by atoms with Gasteiger partial charge in [-0.3, -0.25) is 4.79 Å². The Bertz CT molecular complexity index is 1050. The number of rotatable bonds is 6. The maximum atomic E-state index is 12.1. The predicted molar refractivity (Wildman–Crippen MR) is 103 cm³/mol. The fourth-order valence-electron chi connectivity index (χ4n) is 2.68. The number of hydrogen-bond donors (Lipinski definition) is 2. The molecule has 0 unspecified atom stereocenters. The molecule has 0 aliphatic carbocycles. The van der Waals surface area contributed by atoms with Gasteiger partial charge >= 0.3 is 0 Å². The fourth-order valence-corrected chi connectivity index (χ4v) is 2.68. The first-order valence-electron chi connectivity index (χ1n) is 8.62. The van der Waals surface area contributed by atoms with Crippen LogP contribution in [-0.4, -0.2) is 32.3 Å². The van der Waals surface area contributed by atoms with E-state index in [0.717, 1.165) is 11.1 Å². The van der Waals surface area contributed by atoms with Crippen molar-refractivity contribution in [2.24, 2.45) is 0 Å². The number of nitrogens with zero attached hydrogens (tertiary/aromatic N) is 4. The molecule has 7 nitrogen and oxygen atoms in total. The molecule has 0 saturated carbocycles. The van der Waals surface area contributed by atoms with Crippen molar-refractivity contribution in [3.05, 3.63) is 78.4 Å². The molecule has 2 heterocycles. The second kappa shape index (κ2) is 7.65. The van der Waals surface area contributed by atoms with E-state index in [1.807, 2.05) is 66.7 Å². The fraction of sp³-hybridized carbons (Fsp3) is 0.100. The van der Waals surface area contributed by atoms with Crippen LogP contribution in [0.15, 0.2) is 72.8 Å². The standard InChI is InChI=1S/C20H18N6O/c27-19(22-13-15-7-3-1-4-8-15)14-21-17-11-12-18-23-24-20(26(18)25-17)16-9-5-2-6-10-16/h1-12H,13-14H2,(H,21,25)(H,22,27). The van der Waals surface area contributed by atoms with Crippen molar-refractivity contribution in [3.63, 3.8) is 0 Å². The van der Waals surface area contributed by atoms with E-state index in [4.69, 9.17) is 0 Å². The Hall–Kier alpha value is -3.74. The summed E-state index contributed by atoms with van der Waals surface area (Å²) in [7, 11) is 0. The van der Waals surface area contributed by atoms with Crippen molar-refractivity contribution < 1.29 is 4.79 Å². The molecule has 134 valence electrons. The number of amides is 1. The van der Waals surface area contributed by atoms with E-state index < -0.39 is 0 Å². The minimum absolute atomic E-state index is 0.104. The first-order valence-corrected chi connectivity index (χ1v) is 8.62. The van der Waals surface area contributed by atoms with Gasteiger partial charge in [0.25, 0.3) is 0 Å². The molecule has 2 aromatic carbocycles. The molecule has 0 aliphatic rings. The molecule has 4 rings (SSSR count). The Morgan fingerprint density at radius 3 is 2.41 bits per heavy atom. The van der Waals surface area contributed by atoms with Crippen molar-refractivity contribution in [1.82, 2.24) is 25.1 Å². The molecule has 2 aromatic heterocycles. The van der Waals surface area contributed by atoms with Crippen LogP contribution < -0.4 is 10.6 Å². The maximum absolute atomic E-state index is 12.1. The van der Waals surface area contributed by atoms with Gasteiger partial charge in [0, 0.05) is 12.1 Å². The summed E-state index contributed by atoms with van der Waals surface area (Å²) in [6, 6.07) is 23.1. The zero-order chi connectivity index (χ0) is 18.5. The monoisotopic (exact) mass is 358 g/mol. The number of carbonyl (C=O) groups is 1. The van der Waals surface area contributed by atoms with Gasteiger partial charge in [-0.1, -0.05) is 60.7 Å². The summed E-state index contributed by atoms with van der Waals surface area (Å²) >= 11 is 0. The number of nitrogens with one attached hydrogen (secondary N) is 2. The lowest BCUT2D eigenvalue weighted by Gasteiger charge is -2.08. The van der Waals surface area contributed by atoms with Crippen molar-refractivity contribution in [2.45, 2.75) is 6.54 Å². The Morgan fingerprint density at radius 2 is 1.63 bits per heavy atom. The van der Waals surface area contributed by atoms with Gasteiger partial charge in [0.1, 0.15) is 5.82 Å². The summed E-state index contributed by atoms with van der Waals surface area (Å²) in [5.74, 6) is 1.13. The highest BCUT2D eigenvalue weighted by Crippen LogP contribution is 2.17. The van der Waals surface area contributed by atoms with Crippen LogP contribution >= 0.6 is 0 Å². The van der Waals surface area contributed by atoms with Gasteiger partial charge in [0.15, 0.2) is 11.5 Å². The first-order chi connectivity index (χ1) is 13.3. The second-order valence-corrected chi connectivity index (χ2v) is 5.99. The molecule has 7 heteroatoms. The summed E-state index contributed by atoms with van der Waals surface area (Å²) < 4.78 is 1.67. The normalized spacial score (nSPS) is 10.7. The topological polar surface area (TPSA) is 84.2 Å². The third-order valence-corrected chi connectivity index (χ3v) is 4.06. The number of carbonyl (C=O) groups excluding carboxylic acids is 1. The predicted octanol–water partition coefficient (Wildman–Crippen LogP) is 2.52. The van der Waals surface area contributed by atoms with Crippen LogP contribution in [0.3, 0.4) is 0 Å². The average molecular weight is 358 g/mol. The quantitative estimate of drug-likeness (QED) is 0.553. The van der Waals surface area contributed by atoms with Crippen LogP contribution in [0.25, 0.3) is 17.0 Å². The molecule has 0 atom stereocenters. The summed E-state index contributed by atoms with van der Waals surface area (Å²) in [5.41, 5.74) is 2.63. The van der Waals surface area contributed by atoms with Crippen LogP contribution in [-0.2, 0) is 11.3 Å². The van der Waals surface area contributed by atoms with Gasteiger partial charge in [0.2, 0.25) is 5.91 Å². The maximum Gasteiger partial charge on any atom is 0.239 e. The summed E-state index contributed by atoms with van der Waals surface area (Å²) in [6.07, 6.45) is 0. The van der Waals surface area contributed by atoms with E-state index in [0.29, 0.717) is 23.8 Å². The largest absolute Gasteiger partial charge is 0.360 e.